The van der Waals surface area contributed by atoms with Gasteiger partial charge in [-0.15, -0.1) is 11.8 Å². The number of carbonyl (C=O) groups excluding carboxylic acids is 1. The van der Waals surface area contributed by atoms with E-state index >= 15 is 0 Å². The summed E-state index contributed by atoms with van der Waals surface area (Å²) in [5.41, 5.74) is 1.24. The van der Waals surface area contributed by atoms with Crippen LogP contribution in [0.25, 0.3) is 0 Å². The monoisotopic (exact) mass is 208 g/mol. The minimum Gasteiger partial charge on any atom is -0.466 e. The Kier molecular flexibility index (Phi) is 4.86. The highest BCUT2D eigenvalue weighted by Crippen LogP contribution is 2.12. The van der Waals surface area contributed by atoms with Crippen molar-refractivity contribution in [3.05, 3.63) is 47.4 Å². The second-order valence-corrected chi connectivity index (χ2v) is 3.52. The van der Waals surface area contributed by atoms with E-state index in [4.69, 9.17) is 0 Å². The molecule has 0 aliphatic rings. The topological polar surface area (TPSA) is 26.3 Å². The van der Waals surface area contributed by atoms with Crippen molar-refractivity contribution in [2.45, 2.75) is 5.75 Å². The first-order chi connectivity index (χ1) is 6.83. The molecule has 0 bridgehead atoms. The Balaban J connectivity index is 2.29. The lowest BCUT2D eigenvalue weighted by atomic mass is 10.2. The van der Waals surface area contributed by atoms with Gasteiger partial charge in [0.15, 0.2) is 0 Å². The summed E-state index contributed by atoms with van der Waals surface area (Å²) in [5, 5.41) is 1.75. The third-order valence-electron chi connectivity index (χ3n) is 1.59. The van der Waals surface area contributed by atoms with Crippen molar-refractivity contribution in [1.82, 2.24) is 0 Å². The number of methoxy groups -OCH3 is 1. The van der Waals surface area contributed by atoms with E-state index in [0.29, 0.717) is 0 Å². The molecule has 0 aliphatic carbocycles. The van der Waals surface area contributed by atoms with Gasteiger partial charge in [0.1, 0.15) is 0 Å². The second-order valence-electron chi connectivity index (χ2n) is 2.62. The standard InChI is InChI=1S/C11H12O2S/c1-13-11(12)7-8-14-9-10-5-3-2-4-6-10/h2-8H,9H2,1H3/b8-7+. The molecule has 1 aromatic carbocycles. The lowest BCUT2D eigenvalue weighted by molar-refractivity contribution is -0.134. The number of hydrogen-bond donors (Lipinski definition) is 0. The van der Waals surface area contributed by atoms with Crippen molar-refractivity contribution in [2.24, 2.45) is 0 Å². The first kappa shape index (κ1) is 10.9. The minimum absolute atomic E-state index is 0.314. The normalized spacial score (nSPS) is 10.4. The Morgan fingerprint density at radius 1 is 1.43 bits per heavy atom. The summed E-state index contributed by atoms with van der Waals surface area (Å²) in [6, 6.07) is 10.1. The fourth-order valence-corrected chi connectivity index (χ4v) is 1.58. The molecule has 0 saturated heterocycles. The van der Waals surface area contributed by atoms with Crippen molar-refractivity contribution < 1.29 is 9.53 Å². The zero-order valence-corrected chi connectivity index (χ0v) is 8.79. The van der Waals surface area contributed by atoms with Gasteiger partial charge in [-0.1, -0.05) is 30.3 Å². The van der Waals surface area contributed by atoms with Gasteiger partial charge in [0.05, 0.1) is 7.11 Å². The molecule has 0 radical (unpaired) electrons. The molecule has 3 heteroatoms. The summed E-state index contributed by atoms with van der Waals surface area (Å²) in [6.45, 7) is 0. The van der Waals surface area contributed by atoms with Gasteiger partial charge in [-0.2, -0.15) is 0 Å². The van der Waals surface area contributed by atoms with Gasteiger partial charge in [0.2, 0.25) is 0 Å². The maximum atomic E-state index is 10.7. The van der Waals surface area contributed by atoms with Crippen molar-refractivity contribution in [2.75, 3.05) is 7.11 Å². The molecule has 0 aliphatic heterocycles. The molecular formula is C11H12O2S. The quantitative estimate of drug-likeness (QED) is 0.562. The van der Waals surface area contributed by atoms with Crippen LogP contribution in [0.15, 0.2) is 41.8 Å². The predicted molar refractivity (Wildman–Crippen MR) is 58.9 cm³/mol. The molecule has 0 fully saturated rings. The number of carbonyl (C=O) groups is 1. The zero-order valence-electron chi connectivity index (χ0n) is 7.97. The lowest BCUT2D eigenvalue weighted by Crippen LogP contribution is -1.92. The largest absolute Gasteiger partial charge is 0.466 e. The van der Waals surface area contributed by atoms with E-state index in [2.05, 4.69) is 16.9 Å². The van der Waals surface area contributed by atoms with Crippen molar-refractivity contribution in [3.8, 4) is 0 Å². The van der Waals surface area contributed by atoms with Crippen LogP contribution in [-0.2, 0) is 15.3 Å². The summed E-state index contributed by atoms with van der Waals surface area (Å²) in [6.07, 6.45) is 1.42. The fraction of sp³-hybridized carbons (Fsp3) is 0.182. The highest BCUT2D eigenvalue weighted by molar-refractivity contribution is 8.01. The van der Waals surface area contributed by atoms with Crippen LogP contribution >= 0.6 is 11.8 Å². The van der Waals surface area contributed by atoms with E-state index in [1.807, 2.05) is 18.2 Å². The average molecular weight is 208 g/mol. The lowest BCUT2D eigenvalue weighted by Gasteiger charge is -1.95. The van der Waals surface area contributed by atoms with Crippen LogP contribution in [0.5, 0.6) is 0 Å². The maximum Gasteiger partial charge on any atom is 0.330 e. The van der Waals surface area contributed by atoms with Crippen LogP contribution in [0.1, 0.15) is 5.56 Å². The minimum atomic E-state index is -0.314. The predicted octanol–water partition coefficient (Wildman–Crippen LogP) is 2.61. The summed E-state index contributed by atoms with van der Waals surface area (Å²) >= 11 is 1.57. The van der Waals surface area contributed by atoms with Crippen molar-refractivity contribution in [1.29, 1.82) is 0 Å². The molecule has 0 N–H and O–H groups in total. The molecule has 0 heterocycles. The summed E-state index contributed by atoms with van der Waals surface area (Å²) < 4.78 is 4.46. The third kappa shape index (κ3) is 4.14. The van der Waals surface area contributed by atoms with E-state index in [9.17, 15) is 4.79 Å². The van der Waals surface area contributed by atoms with E-state index in [-0.39, 0.29) is 5.97 Å². The van der Waals surface area contributed by atoms with Crippen LogP contribution in [-0.4, -0.2) is 13.1 Å². The molecule has 0 saturated carbocycles. The highest BCUT2D eigenvalue weighted by Gasteiger charge is 1.91. The fourth-order valence-electron chi connectivity index (χ4n) is 0.890. The SMILES string of the molecule is COC(=O)/C=C/SCc1ccccc1. The van der Waals surface area contributed by atoms with E-state index in [1.54, 1.807) is 17.2 Å². The van der Waals surface area contributed by atoms with Crippen molar-refractivity contribution >= 4 is 17.7 Å². The summed E-state index contributed by atoms with van der Waals surface area (Å²) in [4.78, 5) is 10.7. The molecular weight excluding hydrogens is 196 g/mol. The number of benzene rings is 1. The Hall–Kier alpha value is -1.22. The highest BCUT2D eigenvalue weighted by atomic mass is 32.2. The number of hydrogen-bond acceptors (Lipinski definition) is 3. The van der Waals surface area contributed by atoms with Crippen LogP contribution in [0.3, 0.4) is 0 Å². The number of thioether (sulfide) groups is 1. The Morgan fingerprint density at radius 2 is 2.14 bits per heavy atom. The molecule has 0 unspecified atom stereocenters. The molecule has 74 valence electrons. The van der Waals surface area contributed by atoms with Crippen LogP contribution in [0.2, 0.25) is 0 Å². The number of rotatable bonds is 4. The molecule has 14 heavy (non-hydrogen) atoms. The van der Waals surface area contributed by atoms with Gasteiger partial charge < -0.3 is 4.74 Å². The molecule has 1 rings (SSSR count). The third-order valence-corrected chi connectivity index (χ3v) is 2.42. The average Bonchev–Trinajstić information content (AvgIpc) is 2.25. The van der Waals surface area contributed by atoms with Gasteiger partial charge in [-0.25, -0.2) is 4.79 Å². The zero-order chi connectivity index (χ0) is 10.2. The molecule has 2 nitrogen and oxygen atoms in total. The first-order valence-electron chi connectivity index (χ1n) is 4.23. The van der Waals surface area contributed by atoms with Crippen molar-refractivity contribution in [3.63, 3.8) is 0 Å². The Labute approximate surface area is 88.0 Å². The Bertz CT molecular complexity index is 306. The summed E-state index contributed by atoms with van der Waals surface area (Å²) in [5.74, 6) is 0.555. The molecule has 1 aromatic rings. The van der Waals surface area contributed by atoms with Gasteiger partial charge in [0, 0.05) is 11.8 Å². The number of ether oxygens (including phenoxy) is 1. The van der Waals surface area contributed by atoms with E-state index in [1.165, 1.54) is 18.7 Å². The van der Waals surface area contributed by atoms with E-state index in [0.717, 1.165) is 5.75 Å². The van der Waals surface area contributed by atoms with Gasteiger partial charge in [-0.3, -0.25) is 0 Å². The van der Waals surface area contributed by atoms with Crippen LogP contribution < -0.4 is 0 Å². The molecule has 0 atom stereocenters. The smallest absolute Gasteiger partial charge is 0.330 e. The van der Waals surface area contributed by atoms with Gasteiger partial charge in [0.25, 0.3) is 0 Å². The molecule has 0 spiro atoms. The maximum absolute atomic E-state index is 10.7. The van der Waals surface area contributed by atoms with Crippen LogP contribution in [0.4, 0.5) is 0 Å². The van der Waals surface area contributed by atoms with E-state index < -0.39 is 0 Å². The second kappa shape index (κ2) is 6.27. The van der Waals surface area contributed by atoms with Crippen LogP contribution in [0, 0.1) is 0 Å². The van der Waals surface area contributed by atoms with Gasteiger partial charge in [-0.05, 0) is 11.0 Å². The first-order valence-corrected chi connectivity index (χ1v) is 5.28. The number of esters is 1. The summed E-state index contributed by atoms with van der Waals surface area (Å²) in [7, 11) is 1.37. The molecule has 0 amide bonds. The van der Waals surface area contributed by atoms with Gasteiger partial charge >= 0.3 is 5.97 Å². The molecule has 0 aromatic heterocycles. The Morgan fingerprint density at radius 3 is 2.79 bits per heavy atom.